The molecule has 0 amide bonds. The first-order valence-electron chi connectivity index (χ1n) is 7.96. The van der Waals surface area contributed by atoms with E-state index in [-0.39, 0.29) is 0 Å². The summed E-state index contributed by atoms with van der Waals surface area (Å²) in [5.74, 6) is 0. The molecule has 0 N–H and O–H groups in total. The van der Waals surface area contributed by atoms with Gasteiger partial charge in [0, 0.05) is 0 Å². The van der Waals surface area contributed by atoms with Crippen LogP contribution in [0.2, 0.25) is 0 Å². The van der Waals surface area contributed by atoms with E-state index in [2.05, 4.69) is 102 Å². The molecule has 2 heteroatoms. The van der Waals surface area contributed by atoms with Crippen LogP contribution in [0.3, 0.4) is 0 Å². The van der Waals surface area contributed by atoms with Crippen LogP contribution in [-0.4, -0.2) is 14.7 Å². The van der Waals surface area contributed by atoms with E-state index < -0.39 is 14.7 Å². The van der Waals surface area contributed by atoms with Gasteiger partial charge >= 0.3 is 152 Å². The van der Waals surface area contributed by atoms with Crippen molar-refractivity contribution < 1.29 is 0 Å². The fraction of sp³-hybridized carbons (Fsp3) is 0. The summed E-state index contributed by atoms with van der Waals surface area (Å²) in [5.41, 5.74) is 2.64. The third-order valence-electron chi connectivity index (χ3n) is 3.94. The van der Waals surface area contributed by atoms with E-state index in [1.54, 1.807) is 0 Å². The number of rotatable bonds is 4. The van der Waals surface area contributed by atoms with Gasteiger partial charge in [0.1, 0.15) is 0 Å². The van der Waals surface area contributed by atoms with Crippen molar-refractivity contribution in [2.45, 2.75) is 0 Å². The molecule has 116 valence electrons. The van der Waals surface area contributed by atoms with Gasteiger partial charge < -0.3 is 0 Å². The standard InChI is InChI=1S/C22H17AsS/c1-4-10-18(11-5-1)19-16-22(24-17-19)23(20-12-6-2-7-13-20)21-14-8-3-9-15-21/h1-17H. The van der Waals surface area contributed by atoms with Gasteiger partial charge in [0.2, 0.25) is 0 Å². The van der Waals surface area contributed by atoms with Crippen molar-refractivity contribution in [1.29, 1.82) is 0 Å². The molecule has 1 heterocycles. The Bertz CT molecular complexity index is 859. The van der Waals surface area contributed by atoms with Crippen LogP contribution in [0.15, 0.2) is 102 Å². The van der Waals surface area contributed by atoms with Gasteiger partial charge in [-0.25, -0.2) is 0 Å². The van der Waals surface area contributed by atoms with Crippen molar-refractivity contribution in [2.24, 2.45) is 0 Å². The summed E-state index contributed by atoms with van der Waals surface area (Å²) in [7, 11) is 0. The van der Waals surface area contributed by atoms with Crippen molar-refractivity contribution in [2.75, 3.05) is 0 Å². The molecule has 0 unspecified atom stereocenters. The van der Waals surface area contributed by atoms with Gasteiger partial charge in [-0.1, -0.05) is 0 Å². The van der Waals surface area contributed by atoms with Crippen molar-refractivity contribution in [3.05, 3.63) is 102 Å². The minimum absolute atomic E-state index is 1.30. The molecule has 0 saturated heterocycles. The first kappa shape index (κ1) is 15.4. The maximum atomic E-state index is 2.40. The Balaban J connectivity index is 1.79. The van der Waals surface area contributed by atoms with Crippen molar-refractivity contribution in [3.63, 3.8) is 0 Å². The molecule has 4 aromatic rings. The summed E-state index contributed by atoms with van der Waals surface area (Å²) in [4.78, 5) is 0. The first-order valence-corrected chi connectivity index (χ1v) is 11.7. The molecular weight excluding hydrogens is 371 g/mol. The zero-order valence-electron chi connectivity index (χ0n) is 13.2. The van der Waals surface area contributed by atoms with E-state index in [0.29, 0.717) is 0 Å². The second kappa shape index (κ2) is 7.21. The molecular formula is C22H17AsS. The quantitative estimate of drug-likeness (QED) is 0.465. The number of thiophene rings is 1. The van der Waals surface area contributed by atoms with Crippen LogP contribution in [0.4, 0.5) is 0 Å². The third kappa shape index (κ3) is 3.24. The molecule has 0 aliphatic heterocycles. The molecule has 1 aromatic heterocycles. The van der Waals surface area contributed by atoms with Crippen LogP contribution >= 0.6 is 11.3 Å². The molecule has 4 rings (SSSR count). The number of hydrogen-bond acceptors (Lipinski definition) is 1. The Morgan fingerprint density at radius 1 is 0.542 bits per heavy atom. The Morgan fingerprint density at radius 2 is 1.04 bits per heavy atom. The molecule has 0 aliphatic carbocycles. The van der Waals surface area contributed by atoms with Crippen molar-refractivity contribution >= 4 is 38.4 Å². The Kier molecular flexibility index (Phi) is 4.64. The van der Waals surface area contributed by atoms with Crippen molar-refractivity contribution in [1.82, 2.24) is 0 Å². The molecule has 0 bridgehead atoms. The van der Waals surface area contributed by atoms with Gasteiger partial charge in [-0.15, -0.1) is 0 Å². The summed E-state index contributed by atoms with van der Waals surface area (Å²) < 4.78 is 4.49. The van der Waals surface area contributed by atoms with Gasteiger partial charge in [-0.05, 0) is 0 Å². The van der Waals surface area contributed by atoms with Gasteiger partial charge in [-0.2, -0.15) is 0 Å². The van der Waals surface area contributed by atoms with Gasteiger partial charge in [-0.3, -0.25) is 0 Å². The van der Waals surface area contributed by atoms with Crippen LogP contribution in [0, 0.1) is 0 Å². The zero-order valence-corrected chi connectivity index (χ0v) is 15.9. The topological polar surface area (TPSA) is 0 Å². The molecule has 24 heavy (non-hydrogen) atoms. The van der Waals surface area contributed by atoms with E-state index in [1.165, 1.54) is 23.5 Å². The summed E-state index contributed by atoms with van der Waals surface area (Å²) in [6, 6.07) is 35.1. The second-order valence-corrected chi connectivity index (χ2v) is 11.7. The average molecular weight is 388 g/mol. The third-order valence-corrected chi connectivity index (χ3v) is 10.9. The van der Waals surface area contributed by atoms with E-state index in [4.69, 9.17) is 0 Å². The average Bonchev–Trinajstić information content (AvgIpc) is 3.14. The summed E-state index contributed by atoms with van der Waals surface area (Å²) in [6.45, 7) is 0. The molecule has 0 atom stereocenters. The summed E-state index contributed by atoms with van der Waals surface area (Å²) in [6.07, 6.45) is 0. The van der Waals surface area contributed by atoms with E-state index in [1.807, 2.05) is 11.3 Å². The fourth-order valence-corrected chi connectivity index (χ4v) is 9.85. The Hall–Kier alpha value is -2.08. The normalized spacial score (nSPS) is 10.9. The zero-order chi connectivity index (χ0) is 16.2. The van der Waals surface area contributed by atoms with Crippen LogP contribution in [0.5, 0.6) is 0 Å². The number of hydrogen-bond donors (Lipinski definition) is 0. The summed E-state index contributed by atoms with van der Waals surface area (Å²) in [5, 5.41) is 2.30. The predicted molar refractivity (Wildman–Crippen MR) is 107 cm³/mol. The minimum atomic E-state index is -1.48. The maximum absolute atomic E-state index is 2.40. The van der Waals surface area contributed by atoms with E-state index >= 15 is 0 Å². The monoisotopic (exact) mass is 388 g/mol. The second-order valence-electron chi connectivity index (χ2n) is 5.55. The van der Waals surface area contributed by atoms with Crippen LogP contribution in [0.1, 0.15) is 0 Å². The Morgan fingerprint density at radius 3 is 1.58 bits per heavy atom. The predicted octanol–water partition coefficient (Wildman–Crippen LogP) is 3.93. The molecule has 0 nitrogen and oxygen atoms in total. The Labute approximate surface area is 151 Å². The fourth-order valence-electron chi connectivity index (χ4n) is 2.78. The molecule has 0 aliphatic rings. The van der Waals surface area contributed by atoms with E-state index in [0.717, 1.165) is 0 Å². The molecule has 0 saturated carbocycles. The van der Waals surface area contributed by atoms with Gasteiger partial charge in [0.05, 0.1) is 0 Å². The van der Waals surface area contributed by atoms with Crippen LogP contribution in [-0.2, 0) is 0 Å². The molecule has 0 radical (unpaired) electrons. The first-order chi connectivity index (χ1) is 11.9. The molecule has 3 aromatic carbocycles. The van der Waals surface area contributed by atoms with Crippen molar-refractivity contribution in [3.8, 4) is 11.1 Å². The van der Waals surface area contributed by atoms with Gasteiger partial charge in [0.25, 0.3) is 0 Å². The summed E-state index contributed by atoms with van der Waals surface area (Å²) >= 11 is 0.430. The van der Waals surface area contributed by atoms with E-state index in [9.17, 15) is 0 Å². The molecule has 0 spiro atoms. The SMILES string of the molecule is c1ccc(-c2csc([As](c3ccccc3)c3ccccc3)c2)cc1. The van der Waals surface area contributed by atoms with Crippen LogP contribution < -0.4 is 12.4 Å². The van der Waals surface area contributed by atoms with Gasteiger partial charge in [0.15, 0.2) is 0 Å². The molecule has 0 fully saturated rings. The van der Waals surface area contributed by atoms with Crippen LogP contribution in [0.25, 0.3) is 11.1 Å². The number of benzene rings is 3.